The fourth-order valence-corrected chi connectivity index (χ4v) is 7.04. The smallest absolute Gasteiger partial charge is 0.223 e. The van der Waals surface area contributed by atoms with Crippen LogP contribution in [0.3, 0.4) is 0 Å². The maximum absolute atomic E-state index is 13.0. The number of aliphatic hydroxyl groups excluding tert-OH is 1. The molecule has 1 aromatic rings. The predicted molar refractivity (Wildman–Crippen MR) is 103 cm³/mol. The lowest BCUT2D eigenvalue weighted by molar-refractivity contribution is -0.198. The number of hydrogen-bond acceptors (Lipinski definition) is 3. The van der Waals surface area contributed by atoms with Crippen LogP contribution in [0.1, 0.15) is 44.1 Å². The van der Waals surface area contributed by atoms with Crippen molar-refractivity contribution in [2.75, 3.05) is 13.1 Å². The minimum Gasteiger partial charge on any atom is -0.390 e. The summed E-state index contributed by atoms with van der Waals surface area (Å²) in [7, 11) is 0. The predicted octanol–water partition coefficient (Wildman–Crippen LogP) is 3.03. The highest BCUT2D eigenvalue weighted by Gasteiger charge is 2.62. The third kappa shape index (κ3) is 2.92. The van der Waals surface area contributed by atoms with E-state index in [2.05, 4.69) is 6.07 Å². The first kappa shape index (κ1) is 18.0. The molecule has 5 aliphatic rings. The standard InChI is InChI=1S/C22H28ClNO3/c23-19-4-2-1-3-15(19)8-22(11-20(26)24-12-18(25)13-24)16-5-14-6-17(22)10-21(27,7-14)9-16/h1-4,14,16-18,25,27H,5-13H2. The van der Waals surface area contributed by atoms with E-state index in [1.807, 2.05) is 18.2 Å². The second-order valence-electron chi connectivity index (χ2n) is 9.70. The molecular weight excluding hydrogens is 362 g/mol. The van der Waals surface area contributed by atoms with Gasteiger partial charge in [0.15, 0.2) is 0 Å². The highest BCUT2D eigenvalue weighted by Crippen LogP contribution is 2.66. The second-order valence-corrected chi connectivity index (χ2v) is 10.1. The summed E-state index contributed by atoms with van der Waals surface area (Å²) in [4.78, 5) is 14.8. The van der Waals surface area contributed by atoms with Crippen LogP contribution in [0.5, 0.6) is 0 Å². The molecule has 2 unspecified atom stereocenters. The van der Waals surface area contributed by atoms with Crippen molar-refractivity contribution >= 4 is 17.5 Å². The normalized spacial score (nSPS) is 40.3. The number of rotatable bonds is 4. The van der Waals surface area contributed by atoms with Crippen molar-refractivity contribution in [2.24, 2.45) is 23.2 Å². The maximum atomic E-state index is 13.0. The molecular formula is C22H28ClNO3. The van der Waals surface area contributed by atoms with E-state index in [1.165, 1.54) is 0 Å². The van der Waals surface area contributed by atoms with Crippen LogP contribution in [-0.2, 0) is 11.2 Å². The molecule has 0 spiro atoms. The Morgan fingerprint density at radius 2 is 1.81 bits per heavy atom. The quantitative estimate of drug-likeness (QED) is 0.832. The molecule has 1 amide bonds. The van der Waals surface area contributed by atoms with Gasteiger partial charge in [0.1, 0.15) is 0 Å². The summed E-state index contributed by atoms with van der Waals surface area (Å²) >= 11 is 6.51. The van der Waals surface area contributed by atoms with Crippen LogP contribution in [0.15, 0.2) is 24.3 Å². The maximum Gasteiger partial charge on any atom is 0.223 e. The van der Waals surface area contributed by atoms with Gasteiger partial charge in [-0.3, -0.25) is 4.79 Å². The SMILES string of the molecule is O=C(CC1(Cc2ccccc2Cl)C2CC3CC1CC(O)(C3)C2)N1CC(O)C1. The summed E-state index contributed by atoms with van der Waals surface area (Å²) < 4.78 is 0. The van der Waals surface area contributed by atoms with E-state index in [-0.39, 0.29) is 17.4 Å². The summed E-state index contributed by atoms with van der Waals surface area (Å²) in [6, 6.07) is 7.99. The molecule has 1 heterocycles. The van der Waals surface area contributed by atoms with Crippen LogP contribution < -0.4 is 0 Å². The van der Waals surface area contributed by atoms with Gasteiger partial charge in [-0.25, -0.2) is 0 Å². The first-order valence-corrected chi connectivity index (χ1v) is 10.7. The fraction of sp³-hybridized carbons (Fsp3) is 0.682. The molecule has 4 aliphatic carbocycles. The average Bonchev–Trinajstić information content (AvgIpc) is 2.57. The lowest BCUT2D eigenvalue weighted by Crippen LogP contribution is -2.62. The molecule has 4 saturated carbocycles. The molecule has 6 rings (SSSR count). The van der Waals surface area contributed by atoms with Gasteiger partial charge in [0.2, 0.25) is 5.91 Å². The Hall–Kier alpha value is -1.10. The Kier molecular flexibility index (Phi) is 4.12. The van der Waals surface area contributed by atoms with Gasteiger partial charge in [0.05, 0.1) is 11.7 Å². The number of carbonyl (C=O) groups is 1. The Bertz CT molecular complexity index is 744. The molecule has 0 aromatic heterocycles. The van der Waals surface area contributed by atoms with Crippen LogP contribution in [-0.4, -0.2) is 45.8 Å². The van der Waals surface area contributed by atoms with E-state index >= 15 is 0 Å². The number of likely N-dealkylation sites (tertiary alicyclic amines) is 1. The van der Waals surface area contributed by atoms with Gasteiger partial charge in [0.25, 0.3) is 0 Å². The Balaban J connectivity index is 1.48. The van der Waals surface area contributed by atoms with E-state index in [0.717, 1.165) is 49.1 Å². The van der Waals surface area contributed by atoms with Gasteiger partial charge >= 0.3 is 0 Å². The molecule has 2 atom stereocenters. The van der Waals surface area contributed by atoms with Crippen molar-refractivity contribution in [3.63, 3.8) is 0 Å². The summed E-state index contributed by atoms with van der Waals surface area (Å²) in [5, 5.41) is 21.4. The van der Waals surface area contributed by atoms with Gasteiger partial charge in [-0.1, -0.05) is 29.8 Å². The minimum atomic E-state index is -0.517. The van der Waals surface area contributed by atoms with Gasteiger partial charge in [-0.2, -0.15) is 0 Å². The average molecular weight is 390 g/mol. The van der Waals surface area contributed by atoms with E-state index in [1.54, 1.807) is 4.90 Å². The first-order chi connectivity index (χ1) is 12.9. The van der Waals surface area contributed by atoms with Crippen LogP contribution in [0.25, 0.3) is 0 Å². The molecule has 1 aromatic carbocycles. The number of hydrogen-bond donors (Lipinski definition) is 2. The Labute approximate surface area is 165 Å². The molecule has 1 aliphatic heterocycles. The fourth-order valence-electron chi connectivity index (χ4n) is 6.84. The molecule has 5 heteroatoms. The third-order valence-corrected chi connectivity index (χ3v) is 8.32. The third-order valence-electron chi connectivity index (χ3n) is 7.96. The van der Waals surface area contributed by atoms with Gasteiger partial charge in [0, 0.05) is 24.5 Å². The van der Waals surface area contributed by atoms with Crippen LogP contribution in [0.4, 0.5) is 0 Å². The zero-order valence-electron chi connectivity index (χ0n) is 15.6. The summed E-state index contributed by atoms with van der Waals surface area (Å²) in [5.74, 6) is 1.51. The number of amides is 1. The van der Waals surface area contributed by atoms with Gasteiger partial charge < -0.3 is 15.1 Å². The number of β-amino-alcohol motifs (C(OH)–C–C–N with tert-alkyl or cyclic N) is 1. The Morgan fingerprint density at radius 1 is 1.15 bits per heavy atom. The van der Waals surface area contributed by atoms with Gasteiger partial charge in [-0.15, -0.1) is 0 Å². The molecule has 2 N–H and O–H groups in total. The molecule has 5 fully saturated rings. The van der Waals surface area contributed by atoms with Crippen LogP contribution >= 0.6 is 11.6 Å². The van der Waals surface area contributed by atoms with Crippen molar-refractivity contribution in [1.29, 1.82) is 0 Å². The number of aliphatic hydroxyl groups is 2. The molecule has 4 bridgehead atoms. The number of nitrogens with zero attached hydrogens (tertiary/aromatic N) is 1. The van der Waals surface area contributed by atoms with Crippen LogP contribution in [0, 0.1) is 23.2 Å². The molecule has 27 heavy (non-hydrogen) atoms. The largest absolute Gasteiger partial charge is 0.390 e. The minimum absolute atomic E-state index is 0.119. The van der Waals surface area contributed by atoms with E-state index in [9.17, 15) is 15.0 Å². The van der Waals surface area contributed by atoms with E-state index < -0.39 is 5.60 Å². The van der Waals surface area contributed by atoms with Crippen molar-refractivity contribution in [2.45, 2.75) is 56.7 Å². The zero-order valence-corrected chi connectivity index (χ0v) is 16.4. The molecule has 0 radical (unpaired) electrons. The highest BCUT2D eigenvalue weighted by molar-refractivity contribution is 6.31. The monoisotopic (exact) mass is 389 g/mol. The number of benzene rings is 1. The summed E-state index contributed by atoms with van der Waals surface area (Å²) in [6.45, 7) is 0.922. The van der Waals surface area contributed by atoms with Crippen molar-refractivity contribution in [3.8, 4) is 0 Å². The molecule has 1 saturated heterocycles. The second kappa shape index (κ2) is 6.20. The summed E-state index contributed by atoms with van der Waals surface area (Å²) in [6.07, 6.45) is 5.79. The van der Waals surface area contributed by atoms with E-state index in [4.69, 9.17) is 11.6 Å². The van der Waals surface area contributed by atoms with Crippen molar-refractivity contribution in [3.05, 3.63) is 34.9 Å². The van der Waals surface area contributed by atoms with Crippen LogP contribution in [0.2, 0.25) is 5.02 Å². The Morgan fingerprint density at radius 3 is 2.41 bits per heavy atom. The van der Waals surface area contributed by atoms with Crippen molar-refractivity contribution in [1.82, 2.24) is 4.90 Å². The highest BCUT2D eigenvalue weighted by atomic mass is 35.5. The van der Waals surface area contributed by atoms with Crippen molar-refractivity contribution < 1.29 is 15.0 Å². The lowest BCUT2D eigenvalue weighted by atomic mass is 9.42. The summed E-state index contributed by atoms with van der Waals surface area (Å²) in [5.41, 5.74) is 0.484. The number of carbonyl (C=O) groups excluding carboxylic acids is 1. The number of halogens is 1. The topological polar surface area (TPSA) is 60.8 Å². The van der Waals surface area contributed by atoms with E-state index in [0.29, 0.717) is 37.3 Å². The zero-order chi connectivity index (χ0) is 18.8. The molecule has 4 nitrogen and oxygen atoms in total. The first-order valence-electron chi connectivity index (χ1n) is 10.3. The lowest BCUT2D eigenvalue weighted by Gasteiger charge is -2.64. The van der Waals surface area contributed by atoms with Gasteiger partial charge in [-0.05, 0) is 73.3 Å². The molecule has 146 valence electrons.